The highest BCUT2D eigenvalue weighted by Crippen LogP contribution is 2.31. The fourth-order valence-corrected chi connectivity index (χ4v) is 3.55. The Morgan fingerprint density at radius 2 is 1.95 bits per heavy atom. The molecule has 1 atom stereocenters. The van der Waals surface area contributed by atoms with Gasteiger partial charge >= 0.3 is 0 Å². The van der Waals surface area contributed by atoms with Crippen molar-refractivity contribution in [2.75, 3.05) is 46.6 Å². The van der Waals surface area contributed by atoms with E-state index in [4.69, 9.17) is 9.47 Å². The normalized spacial score (nSPS) is 27.0. The van der Waals surface area contributed by atoms with Crippen molar-refractivity contribution in [2.45, 2.75) is 57.0 Å². The molecule has 0 amide bonds. The molecular weight excluding hydrogens is 252 g/mol. The number of nitrogens with zero attached hydrogens (tertiary/aromatic N) is 1. The van der Waals surface area contributed by atoms with E-state index in [1.165, 1.54) is 38.6 Å². The number of hydrogen-bond acceptors (Lipinski definition) is 4. The quantitative estimate of drug-likeness (QED) is 0.725. The standard InChI is InChI=1S/C16H32N2O2/c1-15-13-17-16(7-4-3-5-8-16)14-18(15)9-12-20-11-6-10-19-2/h15,17H,3-14H2,1-2H3. The summed E-state index contributed by atoms with van der Waals surface area (Å²) in [4.78, 5) is 2.62. The Hall–Kier alpha value is -0.160. The van der Waals surface area contributed by atoms with E-state index in [0.717, 1.165) is 39.3 Å². The number of hydrogen-bond donors (Lipinski definition) is 1. The average Bonchev–Trinajstić information content (AvgIpc) is 2.47. The van der Waals surface area contributed by atoms with E-state index in [1.807, 2.05) is 0 Å². The molecule has 2 fully saturated rings. The molecule has 1 heterocycles. The summed E-state index contributed by atoms with van der Waals surface area (Å²) in [6.07, 6.45) is 7.90. The van der Waals surface area contributed by atoms with Gasteiger partial charge in [-0.3, -0.25) is 4.90 Å². The van der Waals surface area contributed by atoms with E-state index in [0.29, 0.717) is 11.6 Å². The minimum Gasteiger partial charge on any atom is -0.385 e. The van der Waals surface area contributed by atoms with E-state index < -0.39 is 0 Å². The second-order valence-electron chi connectivity index (χ2n) is 6.50. The van der Waals surface area contributed by atoms with Crippen LogP contribution in [-0.2, 0) is 9.47 Å². The zero-order valence-corrected chi connectivity index (χ0v) is 13.3. The maximum absolute atomic E-state index is 5.72. The number of nitrogens with one attached hydrogen (secondary N) is 1. The molecule has 1 unspecified atom stereocenters. The van der Waals surface area contributed by atoms with E-state index in [1.54, 1.807) is 7.11 Å². The van der Waals surface area contributed by atoms with Gasteiger partial charge in [0.15, 0.2) is 0 Å². The summed E-state index contributed by atoms with van der Waals surface area (Å²) in [6.45, 7) is 8.20. The SMILES string of the molecule is COCCCOCCN1CC2(CCCCC2)NCC1C. The lowest BCUT2D eigenvalue weighted by Gasteiger charge is -2.49. The highest BCUT2D eigenvalue weighted by Gasteiger charge is 2.38. The lowest BCUT2D eigenvalue weighted by Crippen LogP contribution is -2.64. The summed E-state index contributed by atoms with van der Waals surface area (Å²) < 4.78 is 10.8. The number of rotatable bonds is 7. The van der Waals surface area contributed by atoms with Gasteiger partial charge in [-0.15, -0.1) is 0 Å². The fraction of sp³-hybridized carbons (Fsp3) is 1.00. The van der Waals surface area contributed by atoms with Crippen LogP contribution < -0.4 is 5.32 Å². The zero-order chi connectivity index (χ0) is 14.3. The minimum absolute atomic E-state index is 0.404. The Bertz CT molecular complexity index is 267. The van der Waals surface area contributed by atoms with Crippen LogP contribution in [0.1, 0.15) is 45.4 Å². The molecule has 2 rings (SSSR count). The first-order chi connectivity index (χ1) is 9.76. The number of piperazine rings is 1. The zero-order valence-electron chi connectivity index (χ0n) is 13.3. The number of ether oxygens (including phenoxy) is 2. The Morgan fingerprint density at radius 3 is 2.70 bits per heavy atom. The third-order valence-electron chi connectivity index (χ3n) is 4.87. The molecule has 118 valence electrons. The Kier molecular flexibility index (Phi) is 6.75. The molecule has 1 aliphatic heterocycles. The van der Waals surface area contributed by atoms with Gasteiger partial charge in [0.2, 0.25) is 0 Å². The molecule has 4 nitrogen and oxygen atoms in total. The molecule has 1 aliphatic carbocycles. The summed E-state index contributed by atoms with van der Waals surface area (Å²) in [5.41, 5.74) is 0.404. The highest BCUT2D eigenvalue weighted by atomic mass is 16.5. The molecule has 0 aromatic heterocycles. The monoisotopic (exact) mass is 284 g/mol. The van der Waals surface area contributed by atoms with Crippen LogP contribution in [0.4, 0.5) is 0 Å². The molecular formula is C16H32N2O2. The van der Waals surface area contributed by atoms with Crippen LogP contribution in [0.25, 0.3) is 0 Å². The lowest BCUT2D eigenvalue weighted by molar-refractivity contribution is 0.0291. The van der Waals surface area contributed by atoms with Crippen LogP contribution in [0.15, 0.2) is 0 Å². The molecule has 20 heavy (non-hydrogen) atoms. The van der Waals surface area contributed by atoms with Crippen molar-refractivity contribution >= 4 is 0 Å². The van der Waals surface area contributed by atoms with Gasteiger partial charge in [0.25, 0.3) is 0 Å². The highest BCUT2D eigenvalue weighted by molar-refractivity contribution is 4.98. The Labute approximate surface area is 124 Å². The van der Waals surface area contributed by atoms with Gasteiger partial charge in [-0.05, 0) is 26.2 Å². The lowest BCUT2D eigenvalue weighted by atomic mass is 9.79. The van der Waals surface area contributed by atoms with E-state index in [-0.39, 0.29) is 0 Å². The Balaban J connectivity index is 1.69. The van der Waals surface area contributed by atoms with Crippen molar-refractivity contribution in [3.63, 3.8) is 0 Å². The van der Waals surface area contributed by atoms with Gasteiger partial charge in [-0.2, -0.15) is 0 Å². The predicted molar refractivity (Wildman–Crippen MR) is 82.2 cm³/mol. The average molecular weight is 284 g/mol. The van der Waals surface area contributed by atoms with Crippen molar-refractivity contribution in [2.24, 2.45) is 0 Å². The molecule has 1 spiro atoms. The predicted octanol–water partition coefficient (Wildman–Crippen LogP) is 2.04. The molecule has 4 heteroatoms. The largest absolute Gasteiger partial charge is 0.385 e. The van der Waals surface area contributed by atoms with Crippen molar-refractivity contribution in [3.8, 4) is 0 Å². The van der Waals surface area contributed by atoms with Crippen molar-refractivity contribution in [1.82, 2.24) is 10.2 Å². The maximum atomic E-state index is 5.72. The molecule has 0 aromatic rings. The van der Waals surface area contributed by atoms with Crippen LogP contribution in [0.2, 0.25) is 0 Å². The van der Waals surface area contributed by atoms with Crippen molar-refractivity contribution in [1.29, 1.82) is 0 Å². The summed E-state index contributed by atoms with van der Waals surface area (Å²) in [5.74, 6) is 0. The van der Waals surface area contributed by atoms with Crippen LogP contribution >= 0.6 is 0 Å². The van der Waals surface area contributed by atoms with Gasteiger partial charge in [-0.1, -0.05) is 19.3 Å². The summed E-state index contributed by atoms with van der Waals surface area (Å²) in [7, 11) is 1.74. The summed E-state index contributed by atoms with van der Waals surface area (Å²) in [6, 6.07) is 0.630. The molecule has 1 saturated heterocycles. The summed E-state index contributed by atoms with van der Waals surface area (Å²) >= 11 is 0. The van der Waals surface area contributed by atoms with Gasteiger partial charge < -0.3 is 14.8 Å². The fourth-order valence-electron chi connectivity index (χ4n) is 3.55. The maximum Gasteiger partial charge on any atom is 0.0593 e. The third kappa shape index (κ3) is 4.69. The van der Waals surface area contributed by atoms with Crippen LogP contribution in [0.5, 0.6) is 0 Å². The molecule has 1 N–H and O–H groups in total. The molecule has 2 aliphatic rings. The second kappa shape index (κ2) is 8.32. The van der Waals surface area contributed by atoms with Crippen LogP contribution in [0.3, 0.4) is 0 Å². The number of methoxy groups -OCH3 is 1. The third-order valence-corrected chi connectivity index (χ3v) is 4.87. The summed E-state index contributed by atoms with van der Waals surface area (Å²) in [5, 5.41) is 3.83. The topological polar surface area (TPSA) is 33.7 Å². The first-order valence-corrected chi connectivity index (χ1v) is 8.31. The van der Waals surface area contributed by atoms with Gasteiger partial charge in [-0.25, -0.2) is 0 Å². The second-order valence-corrected chi connectivity index (χ2v) is 6.50. The first-order valence-electron chi connectivity index (χ1n) is 8.31. The van der Waals surface area contributed by atoms with E-state index >= 15 is 0 Å². The molecule has 0 bridgehead atoms. The van der Waals surface area contributed by atoms with E-state index in [9.17, 15) is 0 Å². The van der Waals surface area contributed by atoms with Gasteiger partial charge in [0.05, 0.1) is 6.61 Å². The van der Waals surface area contributed by atoms with Gasteiger partial charge in [0.1, 0.15) is 0 Å². The van der Waals surface area contributed by atoms with E-state index in [2.05, 4.69) is 17.1 Å². The van der Waals surface area contributed by atoms with Gasteiger partial charge in [0, 0.05) is 51.5 Å². The molecule has 1 saturated carbocycles. The molecule has 0 radical (unpaired) electrons. The minimum atomic E-state index is 0.404. The van der Waals surface area contributed by atoms with Crippen LogP contribution in [0, 0.1) is 0 Å². The first kappa shape index (κ1) is 16.2. The Morgan fingerprint density at radius 1 is 1.15 bits per heavy atom. The smallest absolute Gasteiger partial charge is 0.0593 e. The molecule has 0 aromatic carbocycles. The van der Waals surface area contributed by atoms with Crippen molar-refractivity contribution in [3.05, 3.63) is 0 Å². The van der Waals surface area contributed by atoms with Crippen LogP contribution in [-0.4, -0.2) is 63.0 Å². The van der Waals surface area contributed by atoms with Crippen molar-refractivity contribution < 1.29 is 9.47 Å².